The molecular weight excluding hydrogens is 446 g/mol. The number of hydrogen-bond acceptors (Lipinski definition) is 3. The summed E-state index contributed by atoms with van der Waals surface area (Å²) < 4.78 is 29.4. The van der Waals surface area contributed by atoms with E-state index in [4.69, 9.17) is 0 Å². The second-order valence-electron chi connectivity index (χ2n) is 8.90. The Labute approximate surface area is 201 Å². The minimum atomic E-state index is -3.52. The van der Waals surface area contributed by atoms with E-state index >= 15 is 0 Å². The highest BCUT2D eigenvalue weighted by molar-refractivity contribution is 7.92. The molecule has 0 spiro atoms. The van der Waals surface area contributed by atoms with E-state index in [0.29, 0.717) is 32.5 Å². The molecule has 0 bridgehead atoms. The molecule has 1 fully saturated rings. The summed E-state index contributed by atoms with van der Waals surface area (Å²) in [5, 5.41) is 1.27. The Bertz CT molecular complexity index is 1260. The van der Waals surface area contributed by atoms with Crippen molar-refractivity contribution in [2.24, 2.45) is 5.92 Å². The monoisotopic (exact) mass is 475 g/mol. The third-order valence-electron chi connectivity index (χ3n) is 6.83. The zero-order valence-electron chi connectivity index (χ0n) is 19.0. The van der Waals surface area contributed by atoms with E-state index in [0.717, 1.165) is 23.4 Å². The third kappa shape index (κ3) is 4.58. The molecule has 0 N–H and O–H groups in total. The number of carbonyl (C=O) groups is 1. The molecule has 2 aliphatic heterocycles. The Morgan fingerprint density at radius 2 is 1.50 bits per heavy atom. The highest BCUT2D eigenvalue weighted by atomic mass is 32.2. The number of fused-ring (bicyclic) bond motifs is 1. The van der Waals surface area contributed by atoms with Gasteiger partial charge in [0.15, 0.2) is 0 Å². The molecule has 6 nitrogen and oxygen atoms in total. The molecule has 5 rings (SSSR count). The van der Waals surface area contributed by atoms with Crippen molar-refractivity contribution >= 4 is 22.0 Å². The van der Waals surface area contributed by atoms with Crippen molar-refractivity contribution in [3.05, 3.63) is 101 Å². The van der Waals surface area contributed by atoms with Crippen LogP contribution in [-0.4, -0.2) is 47.7 Å². The first-order valence-electron chi connectivity index (χ1n) is 11.8. The molecule has 2 aliphatic rings. The predicted octanol–water partition coefficient (Wildman–Crippen LogP) is 4.13. The van der Waals surface area contributed by atoms with Crippen LogP contribution in [0, 0.1) is 5.92 Å². The molecule has 1 saturated heterocycles. The highest BCUT2D eigenvalue weighted by Gasteiger charge is 2.37. The molecule has 1 aromatic heterocycles. The fraction of sp³-hybridized carbons (Fsp3) is 0.296. The molecule has 7 heteroatoms. The van der Waals surface area contributed by atoms with Crippen molar-refractivity contribution in [1.82, 2.24) is 13.8 Å². The van der Waals surface area contributed by atoms with Gasteiger partial charge in [-0.1, -0.05) is 60.7 Å². The number of benzene rings is 2. The van der Waals surface area contributed by atoms with Crippen molar-refractivity contribution in [2.45, 2.75) is 25.4 Å². The van der Waals surface area contributed by atoms with Crippen LogP contribution in [0.3, 0.4) is 0 Å². The summed E-state index contributed by atoms with van der Waals surface area (Å²) in [6, 6.07) is 23.5. The summed E-state index contributed by atoms with van der Waals surface area (Å²) in [5.74, 6) is -0.0459. The largest absolute Gasteiger partial charge is 0.348 e. The molecule has 2 aromatic carbocycles. The van der Waals surface area contributed by atoms with Crippen LogP contribution in [0.1, 0.15) is 35.7 Å². The number of carbonyl (C=O) groups excluding carboxylic acids is 1. The zero-order valence-corrected chi connectivity index (χ0v) is 19.8. The van der Waals surface area contributed by atoms with Crippen LogP contribution in [0.5, 0.6) is 0 Å². The fourth-order valence-corrected chi connectivity index (χ4v) is 6.23. The zero-order chi connectivity index (χ0) is 23.5. The SMILES string of the molecule is O=C(C1CCN(S(=O)(=O)C=Cc2ccccc2)CC1)N1CCn2cccc2C1c1ccccc1. The number of nitrogens with zero attached hydrogens (tertiary/aromatic N) is 3. The number of piperidine rings is 1. The summed E-state index contributed by atoms with van der Waals surface area (Å²) in [7, 11) is -3.52. The van der Waals surface area contributed by atoms with Crippen molar-refractivity contribution in [2.75, 3.05) is 19.6 Å². The molecule has 1 atom stereocenters. The molecule has 1 unspecified atom stereocenters. The van der Waals surface area contributed by atoms with Crippen molar-refractivity contribution in [3.63, 3.8) is 0 Å². The Morgan fingerprint density at radius 1 is 0.824 bits per heavy atom. The van der Waals surface area contributed by atoms with E-state index in [2.05, 4.69) is 29.0 Å². The minimum absolute atomic E-state index is 0.118. The summed E-state index contributed by atoms with van der Waals surface area (Å²) in [4.78, 5) is 15.7. The normalized spacial score (nSPS) is 19.9. The van der Waals surface area contributed by atoms with Gasteiger partial charge in [-0.05, 0) is 42.2 Å². The van der Waals surface area contributed by atoms with E-state index in [9.17, 15) is 13.2 Å². The van der Waals surface area contributed by atoms with Crippen LogP contribution in [0.15, 0.2) is 84.4 Å². The lowest BCUT2D eigenvalue weighted by Gasteiger charge is -2.40. The molecule has 0 aliphatic carbocycles. The van der Waals surface area contributed by atoms with Gasteiger partial charge in [0.1, 0.15) is 0 Å². The Kier molecular flexibility index (Phi) is 6.39. The van der Waals surface area contributed by atoms with Gasteiger partial charge in [-0.25, -0.2) is 8.42 Å². The predicted molar refractivity (Wildman–Crippen MR) is 133 cm³/mol. The van der Waals surface area contributed by atoms with Gasteiger partial charge in [0, 0.05) is 49.4 Å². The standard InChI is InChI=1S/C27H29N3O3S/c31-27(30-20-19-28-16-7-12-25(28)26(30)23-10-5-2-6-11-23)24-13-17-29(18-14-24)34(32,33)21-15-22-8-3-1-4-9-22/h1-12,15-16,21,24,26H,13-14,17-20H2. The first-order valence-corrected chi connectivity index (χ1v) is 13.3. The summed E-state index contributed by atoms with van der Waals surface area (Å²) in [5.41, 5.74) is 3.07. The first kappa shape index (κ1) is 22.6. The van der Waals surface area contributed by atoms with Crippen LogP contribution >= 0.6 is 0 Å². The Balaban J connectivity index is 1.28. The van der Waals surface area contributed by atoms with Crippen molar-refractivity contribution in [1.29, 1.82) is 0 Å². The molecule has 176 valence electrons. The average Bonchev–Trinajstić information content (AvgIpc) is 3.37. The lowest BCUT2D eigenvalue weighted by atomic mass is 9.93. The summed E-state index contributed by atoms with van der Waals surface area (Å²) >= 11 is 0. The van der Waals surface area contributed by atoms with E-state index in [-0.39, 0.29) is 17.9 Å². The van der Waals surface area contributed by atoms with E-state index in [1.807, 2.05) is 59.5 Å². The lowest BCUT2D eigenvalue weighted by Crippen LogP contribution is -2.48. The molecule has 0 radical (unpaired) electrons. The number of rotatable bonds is 5. The van der Waals surface area contributed by atoms with Crippen LogP contribution in [0.4, 0.5) is 0 Å². The molecule has 0 saturated carbocycles. The maximum absolute atomic E-state index is 13.7. The Morgan fingerprint density at radius 3 is 2.21 bits per heavy atom. The molecule has 34 heavy (non-hydrogen) atoms. The number of amides is 1. The number of aromatic nitrogens is 1. The van der Waals surface area contributed by atoms with Gasteiger partial charge in [0.25, 0.3) is 0 Å². The van der Waals surface area contributed by atoms with Crippen molar-refractivity contribution < 1.29 is 13.2 Å². The second-order valence-corrected chi connectivity index (χ2v) is 10.7. The highest BCUT2D eigenvalue weighted by Crippen LogP contribution is 2.35. The van der Waals surface area contributed by atoms with Crippen LogP contribution in [0.25, 0.3) is 6.08 Å². The van der Waals surface area contributed by atoms with Gasteiger partial charge < -0.3 is 9.47 Å². The van der Waals surface area contributed by atoms with Crippen LogP contribution < -0.4 is 0 Å². The number of hydrogen-bond donors (Lipinski definition) is 0. The van der Waals surface area contributed by atoms with Gasteiger partial charge in [0.2, 0.25) is 15.9 Å². The maximum Gasteiger partial charge on any atom is 0.236 e. The molecule has 3 heterocycles. The molecule has 1 amide bonds. The second kappa shape index (κ2) is 9.60. The molecular formula is C27H29N3O3S. The van der Waals surface area contributed by atoms with E-state index in [1.165, 1.54) is 9.71 Å². The average molecular weight is 476 g/mol. The third-order valence-corrected chi connectivity index (χ3v) is 8.40. The van der Waals surface area contributed by atoms with Crippen molar-refractivity contribution in [3.8, 4) is 0 Å². The molecule has 3 aromatic rings. The minimum Gasteiger partial charge on any atom is -0.348 e. The topological polar surface area (TPSA) is 62.6 Å². The smallest absolute Gasteiger partial charge is 0.236 e. The lowest BCUT2D eigenvalue weighted by molar-refractivity contribution is -0.139. The van der Waals surface area contributed by atoms with Gasteiger partial charge in [-0.15, -0.1) is 0 Å². The summed E-state index contributed by atoms with van der Waals surface area (Å²) in [6.07, 6.45) is 4.77. The van der Waals surface area contributed by atoms with Crippen LogP contribution in [0.2, 0.25) is 0 Å². The van der Waals surface area contributed by atoms with Gasteiger partial charge in [0.05, 0.1) is 6.04 Å². The fourth-order valence-electron chi connectivity index (χ4n) is 5.01. The van der Waals surface area contributed by atoms with Gasteiger partial charge >= 0.3 is 0 Å². The first-order chi connectivity index (χ1) is 16.5. The maximum atomic E-state index is 13.7. The van der Waals surface area contributed by atoms with Gasteiger partial charge in [-0.2, -0.15) is 4.31 Å². The Hall–Kier alpha value is -3.16. The van der Waals surface area contributed by atoms with E-state index < -0.39 is 10.0 Å². The summed E-state index contributed by atoms with van der Waals surface area (Å²) in [6.45, 7) is 2.14. The van der Waals surface area contributed by atoms with E-state index in [1.54, 1.807) is 6.08 Å². The van der Waals surface area contributed by atoms with Gasteiger partial charge in [-0.3, -0.25) is 4.79 Å². The van der Waals surface area contributed by atoms with Crippen LogP contribution in [-0.2, 0) is 21.4 Å². The number of sulfonamides is 1. The quantitative estimate of drug-likeness (QED) is 0.557.